The van der Waals surface area contributed by atoms with Gasteiger partial charge in [0.25, 0.3) is 5.69 Å². The molecule has 0 saturated carbocycles. The molecule has 6 nitrogen and oxygen atoms in total. The van der Waals surface area contributed by atoms with Crippen LogP contribution < -0.4 is 5.32 Å². The lowest BCUT2D eigenvalue weighted by Crippen LogP contribution is -2.06. The molecular weight excluding hydrogens is 423 g/mol. The first-order valence-corrected chi connectivity index (χ1v) is 9.88. The van der Waals surface area contributed by atoms with Crippen molar-refractivity contribution in [2.45, 2.75) is 19.5 Å². The van der Waals surface area contributed by atoms with Gasteiger partial charge in [-0.15, -0.1) is 0 Å². The van der Waals surface area contributed by atoms with E-state index >= 15 is 0 Å². The van der Waals surface area contributed by atoms with Gasteiger partial charge < -0.3 is 9.73 Å². The number of anilines is 1. The minimum Gasteiger partial charge on any atom is -0.436 e. The van der Waals surface area contributed by atoms with Crippen LogP contribution >= 0.6 is 0 Å². The Balaban J connectivity index is 1.98. The molecule has 1 N–H and O–H groups in total. The van der Waals surface area contributed by atoms with Crippen molar-refractivity contribution < 1.29 is 22.5 Å². The van der Waals surface area contributed by atoms with Crippen LogP contribution in [0.15, 0.2) is 65.1 Å². The highest BCUT2D eigenvalue weighted by Crippen LogP contribution is 2.41. The largest absolute Gasteiger partial charge is 0.436 e. The van der Waals surface area contributed by atoms with Crippen LogP contribution in [0.3, 0.4) is 0 Å². The number of hydrogen-bond acceptors (Lipinski definition) is 5. The molecule has 0 radical (unpaired) electrons. The van der Waals surface area contributed by atoms with Gasteiger partial charge in [0, 0.05) is 35.5 Å². The number of fused-ring (bicyclic) bond motifs is 1. The number of halogens is 3. The molecule has 0 atom stereocenters. The number of nitro groups is 1. The van der Waals surface area contributed by atoms with Crippen LogP contribution in [0.4, 0.5) is 24.5 Å². The monoisotopic (exact) mass is 441 g/mol. The van der Waals surface area contributed by atoms with E-state index in [1.54, 1.807) is 30.3 Å². The lowest BCUT2D eigenvalue weighted by Gasteiger charge is -2.16. The molecule has 0 aliphatic heterocycles. The third kappa shape index (κ3) is 4.14. The normalized spacial score (nSPS) is 11.6. The number of benzene rings is 3. The van der Waals surface area contributed by atoms with Crippen molar-refractivity contribution in [2.24, 2.45) is 0 Å². The molecule has 0 amide bonds. The van der Waals surface area contributed by atoms with Crippen molar-refractivity contribution >= 4 is 22.5 Å². The lowest BCUT2D eigenvalue weighted by molar-refractivity contribution is -0.384. The maximum atomic E-state index is 13.5. The van der Waals surface area contributed by atoms with E-state index in [1.807, 2.05) is 6.92 Å². The zero-order valence-corrected chi connectivity index (χ0v) is 16.9. The molecule has 0 unspecified atom stereocenters. The molecule has 4 rings (SSSR count). The van der Waals surface area contributed by atoms with E-state index in [0.717, 1.165) is 18.6 Å². The number of alkyl halides is 3. The second-order valence-corrected chi connectivity index (χ2v) is 7.16. The van der Waals surface area contributed by atoms with Crippen LogP contribution in [0.1, 0.15) is 18.9 Å². The molecule has 164 valence electrons. The highest BCUT2D eigenvalue weighted by molar-refractivity contribution is 5.90. The third-order valence-corrected chi connectivity index (χ3v) is 4.94. The maximum Gasteiger partial charge on any atom is 0.416 e. The van der Waals surface area contributed by atoms with Gasteiger partial charge in [-0.2, -0.15) is 13.2 Å². The molecule has 1 heterocycles. The number of non-ortho nitro benzene ring substituents is 1. The van der Waals surface area contributed by atoms with Gasteiger partial charge in [0.2, 0.25) is 5.89 Å². The lowest BCUT2D eigenvalue weighted by atomic mass is 9.95. The zero-order chi connectivity index (χ0) is 22.9. The number of rotatable bonds is 6. The quantitative estimate of drug-likeness (QED) is 0.260. The van der Waals surface area contributed by atoms with Gasteiger partial charge in [-0.25, -0.2) is 4.98 Å². The second kappa shape index (κ2) is 8.33. The van der Waals surface area contributed by atoms with Crippen molar-refractivity contribution in [1.82, 2.24) is 4.98 Å². The summed E-state index contributed by atoms with van der Waals surface area (Å²) in [6.07, 6.45) is -3.79. The summed E-state index contributed by atoms with van der Waals surface area (Å²) in [7, 11) is 0. The van der Waals surface area contributed by atoms with E-state index in [1.165, 1.54) is 18.2 Å². The smallest absolute Gasteiger partial charge is 0.416 e. The number of para-hydroxylation sites is 2. The molecule has 0 saturated heterocycles. The number of aromatic nitrogens is 1. The Morgan fingerprint density at radius 1 is 1.03 bits per heavy atom. The summed E-state index contributed by atoms with van der Waals surface area (Å²) < 4.78 is 46.2. The minimum absolute atomic E-state index is 0.000229. The van der Waals surface area contributed by atoms with Gasteiger partial charge in [0.15, 0.2) is 5.58 Å². The van der Waals surface area contributed by atoms with Crippen LogP contribution in [-0.4, -0.2) is 16.5 Å². The van der Waals surface area contributed by atoms with Gasteiger partial charge in [0.1, 0.15) is 5.52 Å². The summed E-state index contributed by atoms with van der Waals surface area (Å²) in [5, 5.41) is 14.6. The highest BCUT2D eigenvalue weighted by Gasteiger charge is 2.32. The Hall–Kier alpha value is -3.88. The Morgan fingerprint density at radius 2 is 1.81 bits per heavy atom. The first-order valence-electron chi connectivity index (χ1n) is 9.88. The van der Waals surface area contributed by atoms with Crippen molar-refractivity contribution in [2.75, 3.05) is 11.9 Å². The SMILES string of the molecule is CCCNc1ccc([N+](=O)[O-])cc1-c1ccc(C(F)(F)F)cc1-c1nc2ccccc2o1. The van der Waals surface area contributed by atoms with Gasteiger partial charge in [-0.05, 0) is 42.3 Å². The Labute approximate surface area is 180 Å². The van der Waals surface area contributed by atoms with E-state index in [-0.39, 0.29) is 17.1 Å². The molecule has 0 spiro atoms. The van der Waals surface area contributed by atoms with Crippen LogP contribution in [0, 0.1) is 10.1 Å². The first kappa shape index (κ1) is 21.4. The average molecular weight is 441 g/mol. The van der Waals surface area contributed by atoms with Gasteiger partial charge in [0.05, 0.1) is 10.5 Å². The predicted octanol–water partition coefficient (Wildman–Crippen LogP) is 6.91. The fraction of sp³-hybridized carbons (Fsp3) is 0.174. The summed E-state index contributed by atoms with van der Waals surface area (Å²) in [4.78, 5) is 15.2. The topological polar surface area (TPSA) is 81.2 Å². The Morgan fingerprint density at radius 3 is 2.50 bits per heavy atom. The van der Waals surface area contributed by atoms with Crippen molar-refractivity contribution in [1.29, 1.82) is 0 Å². The summed E-state index contributed by atoms with van der Waals surface area (Å²) in [5.74, 6) is 0.000229. The second-order valence-electron chi connectivity index (χ2n) is 7.16. The van der Waals surface area contributed by atoms with Crippen molar-refractivity contribution in [3.8, 4) is 22.6 Å². The van der Waals surface area contributed by atoms with E-state index in [9.17, 15) is 23.3 Å². The van der Waals surface area contributed by atoms with Crippen molar-refractivity contribution in [3.63, 3.8) is 0 Å². The Kier molecular flexibility index (Phi) is 5.56. The minimum atomic E-state index is -4.58. The van der Waals surface area contributed by atoms with Crippen LogP contribution in [0.5, 0.6) is 0 Å². The Bertz CT molecular complexity index is 1270. The number of oxazole rings is 1. The number of nitrogens with one attached hydrogen (secondary N) is 1. The third-order valence-electron chi connectivity index (χ3n) is 4.94. The van der Waals surface area contributed by atoms with E-state index in [2.05, 4.69) is 10.3 Å². The number of hydrogen-bond donors (Lipinski definition) is 1. The fourth-order valence-corrected chi connectivity index (χ4v) is 3.40. The molecule has 0 aliphatic rings. The van der Waals surface area contributed by atoms with E-state index in [4.69, 9.17) is 4.42 Å². The molecule has 4 aromatic rings. The summed E-state index contributed by atoms with van der Waals surface area (Å²) in [6, 6.07) is 14.3. The van der Waals surface area contributed by atoms with Gasteiger partial charge >= 0.3 is 6.18 Å². The van der Waals surface area contributed by atoms with Crippen LogP contribution in [-0.2, 0) is 6.18 Å². The molecule has 0 fully saturated rings. The highest BCUT2D eigenvalue weighted by atomic mass is 19.4. The molecular formula is C23H18F3N3O3. The number of nitro benzene ring substituents is 1. The van der Waals surface area contributed by atoms with E-state index < -0.39 is 16.7 Å². The summed E-state index contributed by atoms with van der Waals surface area (Å²) in [6.45, 7) is 2.55. The average Bonchev–Trinajstić information content (AvgIpc) is 3.20. The molecule has 3 aromatic carbocycles. The number of nitrogens with zero attached hydrogens (tertiary/aromatic N) is 2. The van der Waals surface area contributed by atoms with Crippen LogP contribution in [0.25, 0.3) is 33.7 Å². The molecule has 32 heavy (non-hydrogen) atoms. The molecule has 9 heteroatoms. The zero-order valence-electron chi connectivity index (χ0n) is 16.9. The van der Waals surface area contributed by atoms with Crippen molar-refractivity contribution in [3.05, 3.63) is 76.3 Å². The standard InChI is InChI=1S/C23H18F3N3O3/c1-2-11-27-19-10-8-15(29(30)31)13-17(19)16-9-7-14(23(24,25)26)12-18(16)22-28-20-5-3-4-6-21(20)32-22/h3-10,12-13,27H,2,11H2,1H3. The fourth-order valence-electron chi connectivity index (χ4n) is 3.40. The predicted molar refractivity (Wildman–Crippen MR) is 115 cm³/mol. The first-order chi connectivity index (χ1) is 15.3. The molecule has 0 aliphatic carbocycles. The summed E-state index contributed by atoms with van der Waals surface area (Å²) in [5.41, 5.74) is 1.26. The summed E-state index contributed by atoms with van der Waals surface area (Å²) >= 11 is 0. The molecule has 0 bridgehead atoms. The van der Waals surface area contributed by atoms with Gasteiger partial charge in [-0.1, -0.05) is 25.1 Å². The van der Waals surface area contributed by atoms with Gasteiger partial charge in [-0.3, -0.25) is 10.1 Å². The molecule has 1 aromatic heterocycles. The maximum absolute atomic E-state index is 13.5. The van der Waals surface area contributed by atoms with Crippen LogP contribution in [0.2, 0.25) is 0 Å². The van der Waals surface area contributed by atoms with E-state index in [0.29, 0.717) is 34.5 Å².